The molecule has 0 fully saturated rings. The van der Waals surface area contributed by atoms with Gasteiger partial charge in [0.2, 0.25) is 0 Å². The van der Waals surface area contributed by atoms with Crippen molar-refractivity contribution in [2.75, 3.05) is 17.2 Å². The van der Waals surface area contributed by atoms with Gasteiger partial charge in [0.15, 0.2) is 11.6 Å². The summed E-state index contributed by atoms with van der Waals surface area (Å²) in [4.78, 5) is 66.8. The van der Waals surface area contributed by atoms with Gasteiger partial charge in [-0.2, -0.15) is 0 Å². The zero-order chi connectivity index (χ0) is 48.0. The first-order valence-electron chi connectivity index (χ1n) is 22.8. The van der Waals surface area contributed by atoms with Crippen LogP contribution in [-0.4, -0.2) is 55.2 Å². The van der Waals surface area contributed by atoms with Crippen molar-refractivity contribution in [3.63, 3.8) is 0 Å². The van der Waals surface area contributed by atoms with Gasteiger partial charge in [-0.05, 0) is 118 Å². The van der Waals surface area contributed by atoms with E-state index in [0.717, 1.165) is 74.2 Å². The summed E-state index contributed by atoms with van der Waals surface area (Å²) in [6.45, 7) is 17.6. The first kappa shape index (κ1) is 55.8. The third-order valence-electron chi connectivity index (χ3n) is 11.6. The van der Waals surface area contributed by atoms with Crippen LogP contribution in [0, 0.1) is 32.1 Å². The molecule has 0 radical (unpaired) electrons. The number of carbonyl (C=O) groups excluding carboxylic acids is 3. The van der Waals surface area contributed by atoms with Gasteiger partial charge in [-0.1, -0.05) is 65.8 Å². The van der Waals surface area contributed by atoms with E-state index in [4.69, 9.17) is 9.84 Å². The number of esters is 1. The molecule has 4 aromatic heterocycles. The summed E-state index contributed by atoms with van der Waals surface area (Å²) in [7, 11) is 0. The van der Waals surface area contributed by atoms with E-state index >= 15 is 0 Å². The van der Waals surface area contributed by atoms with E-state index in [2.05, 4.69) is 30.6 Å². The molecule has 0 saturated heterocycles. The predicted molar refractivity (Wildman–Crippen MR) is 268 cm³/mol. The van der Waals surface area contributed by atoms with Crippen molar-refractivity contribution in [3.8, 4) is 22.5 Å². The fourth-order valence-corrected chi connectivity index (χ4v) is 7.96. The fourth-order valence-electron chi connectivity index (χ4n) is 7.96. The molecule has 12 nitrogen and oxygen atoms in total. The maximum atomic E-state index is 13.1. The zero-order valence-electron chi connectivity index (χ0n) is 41.0. The summed E-state index contributed by atoms with van der Waals surface area (Å²) < 4.78 is 5.07. The maximum Gasteiger partial charge on any atom is 0.306 e. The van der Waals surface area contributed by atoms with Crippen LogP contribution in [0.2, 0.25) is 0 Å². The summed E-state index contributed by atoms with van der Waals surface area (Å²) in [6.07, 6.45) is 9.69. The van der Waals surface area contributed by atoms with E-state index in [0.29, 0.717) is 37.0 Å². The third-order valence-corrected chi connectivity index (χ3v) is 11.6. The van der Waals surface area contributed by atoms with Crippen LogP contribution in [0.25, 0.3) is 22.5 Å². The third kappa shape index (κ3) is 14.0. The van der Waals surface area contributed by atoms with Gasteiger partial charge in [-0.25, -0.2) is 0 Å². The number of aryl methyl sites for hydroxylation is 4. The van der Waals surface area contributed by atoms with Gasteiger partial charge in [-0.3, -0.25) is 39.1 Å². The number of nitrogens with one attached hydrogen (secondary N) is 2. The number of carboxylic acid groups (broad SMARTS) is 1. The Morgan fingerprint density at radius 3 is 1.32 bits per heavy atom. The average molecular weight is 962 g/mol. The number of hydrogen-bond donors (Lipinski definition) is 3. The molecule has 3 N–H and O–H groups in total. The largest absolute Gasteiger partial charge is 0.481 e. The molecule has 4 heterocycles. The number of fused-ring (bicyclic) bond motifs is 2. The number of carboxylic acids is 1. The molecule has 0 bridgehead atoms. The van der Waals surface area contributed by atoms with Crippen molar-refractivity contribution in [1.82, 2.24) is 19.9 Å². The molecule has 0 spiro atoms. The first-order chi connectivity index (χ1) is 31.7. The van der Waals surface area contributed by atoms with Gasteiger partial charge in [0, 0.05) is 61.5 Å². The second kappa shape index (κ2) is 25.5. The van der Waals surface area contributed by atoms with Gasteiger partial charge in [-0.15, -0.1) is 0 Å². The Morgan fingerprint density at radius 2 is 0.985 bits per heavy atom. The van der Waals surface area contributed by atoms with Crippen LogP contribution in [-0.2, 0) is 44.2 Å². The Balaban J connectivity index is 0.000000327. The number of rotatable bonds is 11. The first-order valence-corrected chi connectivity index (χ1v) is 22.8. The minimum Gasteiger partial charge on any atom is -0.481 e. The summed E-state index contributed by atoms with van der Waals surface area (Å²) in [5.41, 5.74) is 10.8. The Morgan fingerprint density at radius 1 is 0.603 bits per heavy atom. The molecule has 68 heavy (non-hydrogen) atoms. The van der Waals surface area contributed by atoms with Crippen LogP contribution >= 0.6 is 0 Å². The molecule has 6 aromatic rings. The summed E-state index contributed by atoms with van der Waals surface area (Å²) >= 11 is 0. The molecular formula is C55H65FeN6O6-. The van der Waals surface area contributed by atoms with Crippen molar-refractivity contribution < 1.29 is 46.1 Å². The van der Waals surface area contributed by atoms with Gasteiger partial charge < -0.3 is 27.9 Å². The normalized spacial score (nSPS) is 16.4. The van der Waals surface area contributed by atoms with Crippen molar-refractivity contribution in [2.24, 2.45) is 10.8 Å². The van der Waals surface area contributed by atoms with E-state index in [9.17, 15) is 19.2 Å². The number of Topliss-reactive ketones (excluding diaryl/α,β-unsaturated/α-hetero) is 2. The molecule has 0 saturated carbocycles. The Hall–Kier alpha value is -6.56. The molecule has 0 aliphatic heterocycles. The van der Waals surface area contributed by atoms with Crippen molar-refractivity contribution in [1.29, 1.82) is 0 Å². The SMILES string of the molecule is CC.CC.CCOC(=O)CC1(C)CCc2cc(-c3ccc(Nc4ccc(C)nc4)cn3)ccc2C1=O.Cc1ccc(Nc2ccc(-c3ccc4c(c3)CCC(C)(CC(=O)O)C4=O)nc2)cn1.[CH3-].[Fe]. The second-order valence-electron chi connectivity index (χ2n) is 16.6. The minimum absolute atomic E-state index is 0. The van der Waals surface area contributed by atoms with E-state index in [1.165, 1.54) is 0 Å². The molecule has 2 aliphatic rings. The number of ketones is 2. The quantitative estimate of drug-likeness (QED) is 0.0638. The Bertz CT molecular complexity index is 2620. The minimum atomic E-state index is -0.940. The van der Waals surface area contributed by atoms with Gasteiger partial charge >= 0.3 is 11.9 Å². The summed E-state index contributed by atoms with van der Waals surface area (Å²) in [5.74, 6) is -1.33. The van der Waals surface area contributed by atoms with Gasteiger partial charge in [0.1, 0.15) is 0 Å². The molecule has 360 valence electrons. The molecule has 13 heteroatoms. The Kier molecular flexibility index (Phi) is 20.9. The number of ether oxygens (including phenoxy) is 1. The average Bonchev–Trinajstić information content (AvgIpc) is 3.32. The number of nitrogens with zero attached hydrogens (tertiary/aromatic N) is 4. The molecule has 0 amide bonds. The van der Waals surface area contributed by atoms with Crippen LogP contribution in [0.3, 0.4) is 0 Å². The van der Waals surface area contributed by atoms with Crippen molar-refractivity contribution in [2.45, 2.75) is 101 Å². The number of pyridine rings is 4. The second-order valence-corrected chi connectivity index (χ2v) is 16.6. The number of hydrogen-bond acceptors (Lipinski definition) is 11. The van der Waals surface area contributed by atoms with Crippen LogP contribution in [0.4, 0.5) is 22.7 Å². The van der Waals surface area contributed by atoms with Gasteiger partial charge in [0.05, 0.1) is 78.4 Å². The number of aliphatic carboxylic acids is 1. The van der Waals surface area contributed by atoms with Gasteiger partial charge in [0.25, 0.3) is 0 Å². The summed E-state index contributed by atoms with van der Waals surface area (Å²) in [6, 6.07) is 27.2. The maximum absolute atomic E-state index is 13.1. The predicted octanol–water partition coefficient (Wildman–Crippen LogP) is 12.6. The zero-order valence-corrected chi connectivity index (χ0v) is 42.1. The standard InChI is InChI=1S/C26H27N3O3.C24H23N3O3.2C2H6.CH3.Fe/c1-4-32-24(30)14-26(3)12-11-18-13-19(6-9-22(18)25(26)31)23-10-8-21(16-28-23)29-20-7-5-17(2)27-15-20;1-15-3-5-18(13-25-15)27-19-6-8-21(26-14-19)17-4-7-20-16(11-17)9-10-24(2,23(20)30)12-22(28)29;2*1-2;;/h5-10,13,15-16,29H,4,11-12,14H2,1-3H3;3-8,11,13-14,27H,9-10,12H2,1-2H3,(H,28,29);2*1-2H3;1H3;/q;;;;-1;. The smallest absolute Gasteiger partial charge is 0.306 e. The van der Waals surface area contributed by atoms with E-state index < -0.39 is 16.8 Å². The molecular weight excluding hydrogens is 896 g/mol. The molecule has 2 atom stereocenters. The monoisotopic (exact) mass is 961 g/mol. The number of aromatic nitrogens is 4. The Labute approximate surface area is 412 Å². The molecule has 2 unspecified atom stereocenters. The topological polar surface area (TPSA) is 173 Å². The van der Waals surface area contributed by atoms with Crippen LogP contribution in [0.5, 0.6) is 0 Å². The van der Waals surface area contributed by atoms with E-state index in [1.807, 2.05) is 127 Å². The van der Waals surface area contributed by atoms with Crippen molar-refractivity contribution in [3.05, 3.63) is 151 Å². The summed E-state index contributed by atoms with van der Waals surface area (Å²) in [5, 5.41) is 15.7. The fraction of sp³-hybridized carbons (Fsp3) is 0.327. The van der Waals surface area contributed by atoms with E-state index in [-0.39, 0.29) is 54.9 Å². The van der Waals surface area contributed by atoms with Crippen molar-refractivity contribution >= 4 is 46.3 Å². The van der Waals surface area contributed by atoms with E-state index in [1.54, 1.807) is 44.7 Å². The van der Waals surface area contributed by atoms with Crippen LogP contribution in [0.15, 0.2) is 110 Å². The molecule has 8 rings (SSSR count). The van der Waals surface area contributed by atoms with Crippen LogP contribution in [0.1, 0.15) is 117 Å². The van der Waals surface area contributed by atoms with Crippen LogP contribution < -0.4 is 10.6 Å². The molecule has 2 aliphatic carbocycles. The number of anilines is 4. The number of carbonyl (C=O) groups is 4. The number of benzene rings is 2. The molecule has 2 aromatic carbocycles.